The number of rotatable bonds is 9. The van der Waals surface area contributed by atoms with Crippen LogP contribution in [0, 0.1) is 13.8 Å². The molecule has 0 heterocycles. The first-order valence-corrected chi connectivity index (χ1v) is 12.6. The molecule has 6 nitrogen and oxygen atoms in total. The highest BCUT2D eigenvalue weighted by Crippen LogP contribution is 2.25. The Morgan fingerprint density at radius 1 is 0.605 bits per heavy atom. The van der Waals surface area contributed by atoms with Gasteiger partial charge in [-0.3, -0.25) is 9.59 Å². The second kappa shape index (κ2) is 12.5. The van der Waals surface area contributed by atoms with Gasteiger partial charge in [0.15, 0.2) is 13.2 Å². The number of ether oxygens (including phenoxy) is 2. The molecule has 2 N–H and O–H groups in total. The average Bonchev–Trinajstić information content (AvgIpc) is 2.89. The fourth-order valence-corrected chi connectivity index (χ4v) is 4.18. The lowest BCUT2D eigenvalue weighted by molar-refractivity contribution is -0.118. The number of nitrogens with one attached hydrogen (secondary N) is 2. The molecule has 0 aliphatic heterocycles. The fraction of sp³-hybridized carbons (Fsp3) is 0.133. The Morgan fingerprint density at radius 2 is 0.974 bits per heavy atom. The third-order valence-electron chi connectivity index (χ3n) is 5.66. The summed E-state index contributed by atoms with van der Waals surface area (Å²) < 4.78 is 11.2. The third kappa shape index (κ3) is 7.51. The summed E-state index contributed by atoms with van der Waals surface area (Å²) in [5.41, 5.74) is 4.99. The number of aryl methyl sites for hydroxylation is 2. The van der Waals surface area contributed by atoms with Crippen molar-refractivity contribution in [2.75, 3.05) is 23.8 Å². The van der Waals surface area contributed by atoms with Crippen LogP contribution in [0.1, 0.15) is 11.1 Å². The van der Waals surface area contributed by atoms with Gasteiger partial charge in [-0.1, -0.05) is 47.5 Å². The Morgan fingerprint density at radius 3 is 1.32 bits per heavy atom. The molecule has 0 unspecified atom stereocenters. The van der Waals surface area contributed by atoms with E-state index in [1.807, 2.05) is 62.4 Å². The van der Waals surface area contributed by atoms with Crippen molar-refractivity contribution in [1.82, 2.24) is 0 Å². The van der Waals surface area contributed by atoms with Gasteiger partial charge in [0.05, 0.1) is 0 Å². The lowest BCUT2D eigenvalue weighted by Gasteiger charge is -2.11. The molecule has 194 valence electrons. The monoisotopic (exact) mass is 548 g/mol. The van der Waals surface area contributed by atoms with Crippen molar-refractivity contribution >= 4 is 46.4 Å². The van der Waals surface area contributed by atoms with Gasteiger partial charge in [0.25, 0.3) is 11.8 Å². The molecule has 2 amide bonds. The van der Waals surface area contributed by atoms with E-state index in [1.165, 1.54) is 0 Å². The van der Waals surface area contributed by atoms with Crippen molar-refractivity contribution in [3.05, 3.63) is 106 Å². The number of carbonyl (C=O) groups excluding carboxylic acids is 2. The predicted octanol–water partition coefficient (Wildman–Crippen LogP) is 7.31. The van der Waals surface area contributed by atoms with Gasteiger partial charge in [-0.2, -0.15) is 0 Å². The topological polar surface area (TPSA) is 76.7 Å². The summed E-state index contributed by atoms with van der Waals surface area (Å²) in [7, 11) is 0. The Hall–Kier alpha value is -4.00. The van der Waals surface area contributed by atoms with E-state index in [0.29, 0.717) is 32.9 Å². The number of anilines is 2. The molecule has 38 heavy (non-hydrogen) atoms. The van der Waals surface area contributed by atoms with E-state index in [-0.39, 0.29) is 25.0 Å². The molecule has 0 aliphatic carbocycles. The molecular formula is C30H26Cl2N2O4. The Balaban J connectivity index is 1.26. The van der Waals surface area contributed by atoms with Crippen molar-refractivity contribution in [2.45, 2.75) is 13.8 Å². The molecular weight excluding hydrogens is 523 g/mol. The van der Waals surface area contributed by atoms with Gasteiger partial charge in [-0.05, 0) is 96.8 Å². The summed E-state index contributed by atoms with van der Waals surface area (Å²) in [6.07, 6.45) is 0. The van der Waals surface area contributed by atoms with Crippen molar-refractivity contribution in [2.24, 2.45) is 0 Å². The molecule has 0 saturated heterocycles. The predicted molar refractivity (Wildman–Crippen MR) is 153 cm³/mol. The molecule has 0 aromatic heterocycles. The fourth-order valence-electron chi connectivity index (χ4n) is 3.72. The van der Waals surface area contributed by atoms with Crippen molar-refractivity contribution < 1.29 is 19.1 Å². The maximum atomic E-state index is 12.3. The maximum Gasteiger partial charge on any atom is 0.262 e. The van der Waals surface area contributed by atoms with E-state index in [4.69, 9.17) is 32.7 Å². The number of carbonyl (C=O) groups is 2. The quantitative estimate of drug-likeness (QED) is 0.230. The molecule has 4 aromatic rings. The average molecular weight is 549 g/mol. The molecule has 4 aromatic carbocycles. The van der Waals surface area contributed by atoms with Crippen LogP contribution >= 0.6 is 23.2 Å². The second-order valence-electron chi connectivity index (χ2n) is 8.65. The number of benzene rings is 4. The van der Waals surface area contributed by atoms with E-state index < -0.39 is 0 Å². The second-order valence-corrected chi connectivity index (χ2v) is 9.52. The summed E-state index contributed by atoms with van der Waals surface area (Å²) >= 11 is 11.9. The maximum absolute atomic E-state index is 12.3. The summed E-state index contributed by atoms with van der Waals surface area (Å²) in [4.78, 5) is 24.6. The zero-order chi connectivity index (χ0) is 27.1. The van der Waals surface area contributed by atoms with E-state index in [1.54, 1.807) is 36.4 Å². The van der Waals surface area contributed by atoms with Crippen LogP contribution in [0.25, 0.3) is 11.1 Å². The minimum atomic E-state index is -0.262. The van der Waals surface area contributed by atoms with Crippen LogP contribution in [0.5, 0.6) is 11.5 Å². The van der Waals surface area contributed by atoms with Crippen molar-refractivity contribution in [3.8, 4) is 22.6 Å². The van der Waals surface area contributed by atoms with E-state index in [9.17, 15) is 9.59 Å². The van der Waals surface area contributed by atoms with E-state index in [0.717, 1.165) is 22.3 Å². The van der Waals surface area contributed by atoms with Crippen LogP contribution in [0.4, 0.5) is 11.4 Å². The van der Waals surface area contributed by atoms with Gasteiger partial charge in [-0.25, -0.2) is 0 Å². The first kappa shape index (κ1) is 27.0. The van der Waals surface area contributed by atoms with Gasteiger partial charge in [0, 0.05) is 21.4 Å². The summed E-state index contributed by atoms with van der Waals surface area (Å²) in [6, 6.07) is 25.4. The highest BCUT2D eigenvalue weighted by Gasteiger charge is 2.08. The highest BCUT2D eigenvalue weighted by molar-refractivity contribution is 6.31. The van der Waals surface area contributed by atoms with Crippen LogP contribution in [0.3, 0.4) is 0 Å². The van der Waals surface area contributed by atoms with Crippen LogP contribution in [0.2, 0.25) is 10.0 Å². The summed E-state index contributed by atoms with van der Waals surface area (Å²) in [6.45, 7) is 3.52. The number of hydrogen-bond donors (Lipinski definition) is 2. The highest BCUT2D eigenvalue weighted by atomic mass is 35.5. The first-order chi connectivity index (χ1) is 18.3. The Bertz CT molecular complexity index is 1330. The zero-order valence-corrected chi connectivity index (χ0v) is 22.4. The number of hydrogen-bond acceptors (Lipinski definition) is 4. The van der Waals surface area contributed by atoms with Gasteiger partial charge in [-0.15, -0.1) is 0 Å². The minimum Gasteiger partial charge on any atom is -0.483 e. The Kier molecular flexibility index (Phi) is 8.89. The van der Waals surface area contributed by atoms with Crippen LogP contribution in [-0.4, -0.2) is 25.0 Å². The van der Waals surface area contributed by atoms with Gasteiger partial charge < -0.3 is 20.1 Å². The zero-order valence-electron chi connectivity index (χ0n) is 20.9. The molecule has 4 rings (SSSR count). The Labute approximate surface area is 231 Å². The SMILES string of the molecule is Cc1cc(Cl)ccc1OCC(=O)Nc1ccc(-c2ccc(NC(=O)COc3ccc(Cl)cc3C)cc2)cc1. The van der Waals surface area contributed by atoms with E-state index in [2.05, 4.69) is 10.6 Å². The van der Waals surface area contributed by atoms with Crippen molar-refractivity contribution in [3.63, 3.8) is 0 Å². The van der Waals surface area contributed by atoms with Crippen LogP contribution < -0.4 is 20.1 Å². The largest absolute Gasteiger partial charge is 0.483 e. The van der Waals surface area contributed by atoms with Gasteiger partial charge in [0.2, 0.25) is 0 Å². The molecule has 0 aliphatic rings. The number of halogens is 2. The van der Waals surface area contributed by atoms with E-state index >= 15 is 0 Å². The molecule has 0 bridgehead atoms. The molecule has 8 heteroatoms. The molecule has 0 saturated carbocycles. The van der Waals surface area contributed by atoms with Crippen molar-refractivity contribution in [1.29, 1.82) is 0 Å². The molecule has 0 atom stereocenters. The van der Waals surface area contributed by atoms with Gasteiger partial charge in [0.1, 0.15) is 11.5 Å². The van der Waals surface area contributed by atoms with Crippen LogP contribution in [-0.2, 0) is 9.59 Å². The minimum absolute atomic E-state index is 0.109. The normalized spacial score (nSPS) is 10.5. The van der Waals surface area contributed by atoms with Crippen LogP contribution in [0.15, 0.2) is 84.9 Å². The third-order valence-corrected chi connectivity index (χ3v) is 6.13. The first-order valence-electron chi connectivity index (χ1n) is 11.8. The number of amides is 2. The molecule has 0 radical (unpaired) electrons. The molecule has 0 fully saturated rings. The lowest BCUT2D eigenvalue weighted by atomic mass is 10.0. The summed E-state index contributed by atoms with van der Waals surface area (Å²) in [5, 5.41) is 6.89. The lowest BCUT2D eigenvalue weighted by Crippen LogP contribution is -2.20. The molecule has 0 spiro atoms. The standard InChI is InChI=1S/C30H26Cl2N2O4/c1-19-15-23(31)7-13-27(19)37-17-29(35)33-25-9-3-21(4-10-25)22-5-11-26(12-6-22)34-30(36)18-38-28-14-8-24(32)16-20(28)2/h3-16H,17-18H2,1-2H3,(H,33,35)(H,34,36). The van der Waals surface area contributed by atoms with Gasteiger partial charge >= 0.3 is 0 Å². The smallest absolute Gasteiger partial charge is 0.262 e. The summed E-state index contributed by atoms with van der Waals surface area (Å²) in [5.74, 6) is 0.706.